The van der Waals surface area contributed by atoms with Crippen molar-refractivity contribution in [3.8, 4) is 62.1 Å². The first-order valence-electron chi connectivity index (χ1n) is 18.2. The summed E-state index contributed by atoms with van der Waals surface area (Å²) in [6.07, 6.45) is 0. The minimum absolute atomic E-state index is 0.630. The predicted octanol–water partition coefficient (Wildman–Crippen LogP) is 12.7. The average Bonchev–Trinajstić information content (AvgIpc) is 3.89. The molecule has 0 spiro atoms. The lowest BCUT2D eigenvalue weighted by Crippen LogP contribution is -2.00. The van der Waals surface area contributed by atoms with Gasteiger partial charge >= 0.3 is 0 Å². The van der Waals surface area contributed by atoms with Crippen LogP contribution in [-0.2, 0) is 0 Å². The van der Waals surface area contributed by atoms with Crippen LogP contribution in [0.1, 0.15) is 0 Å². The van der Waals surface area contributed by atoms with Gasteiger partial charge in [0, 0.05) is 43.9 Å². The topological polar surface area (TPSA) is 56.7 Å². The summed E-state index contributed by atoms with van der Waals surface area (Å²) in [7, 11) is 0. The van der Waals surface area contributed by atoms with Gasteiger partial charge in [-0.3, -0.25) is 0 Å². The van der Waals surface area contributed by atoms with E-state index in [1.165, 1.54) is 32.8 Å². The molecule has 5 heteroatoms. The van der Waals surface area contributed by atoms with Gasteiger partial charge in [0.05, 0.1) is 11.0 Å². The fourth-order valence-electron chi connectivity index (χ4n) is 8.59. The van der Waals surface area contributed by atoms with Crippen LogP contribution in [0.4, 0.5) is 0 Å². The summed E-state index contributed by atoms with van der Waals surface area (Å²) in [6, 6.07) is 59.5. The molecule has 0 amide bonds. The molecular weight excluding hydrogens is 661 g/mol. The number of benzene rings is 8. The van der Waals surface area contributed by atoms with Gasteiger partial charge in [-0.25, -0.2) is 15.0 Å². The summed E-state index contributed by atoms with van der Waals surface area (Å²) >= 11 is 0. The number of hydrogen-bond donors (Lipinski definition) is 0. The van der Waals surface area contributed by atoms with Crippen LogP contribution < -0.4 is 0 Å². The molecule has 3 heterocycles. The molecule has 11 aromatic rings. The molecule has 3 aromatic heterocycles. The SMILES string of the molecule is c1ccc(-c2nc(-c3ccc4c(c3)-c3cc5oc6ccccc6c5c5cccc-4c35)nc(-c3ccc4c(c3)c3ccccc3n4-c3ccccc3)n2)cc1. The van der Waals surface area contributed by atoms with Gasteiger partial charge in [-0.2, -0.15) is 0 Å². The number of nitrogens with zero attached hydrogens (tertiary/aromatic N) is 4. The van der Waals surface area contributed by atoms with Crippen molar-refractivity contribution in [2.45, 2.75) is 0 Å². The number of para-hydroxylation sites is 3. The van der Waals surface area contributed by atoms with E-state index >= 15 is 0 Å². The van der Waals surface area contributed by atoms with Crippen LogP contribution in [0.2, 0.25) is 0 Å². The highest BCUT2D eigenvalue weighted by atomic mass is 16.3. The third-order valence-corrected chi connectivity index (χ3v) is 11.0. The largest absolute Gasteiger partial charge is 0.456 e. The van der Waals surface area contributed by atoms with Crippen LogP contribution in [0.3, 0.4) is 0 Å². The van der Waals surface area contributed by atoms with Gasteiger partial charge in [0.25, 0.3) is 0 Å². The van der Waals surface area contributed by atoms with E-state index in [4.69, 9.17) is 19.4 Å². The Kier molecular flexibility index (Phi) is 5.99. The summed E-state index contributed by atoms with van der Waals surface area (Å²) in [5.74, 6) is 1.90. The summed E-state index contributed by atoms with van der Waals surface area (Å²) in [4.78, 5) is 15.4. The van der Waals surface area contributed by atoms with E-state index in [0.29, 0.717) is 17.5 Å². The van der Waals surface area contributed by atoms with Crippen LogP contribution in [0.25, 0.3) is 117 Å². The molecule has 1 aliphatic carbocycles. The van der Waals surface area contributed by atoms with E-state index in [2.05, 4.69) is 144 Å². The summed E-state index contributed by atoms with van der Waals surface area (Å²) in [5, 5.41) is 7.10. The number of furan rings is 1. The molecule has 0 aliphatic heterocycles. The minimum atomic E-state index is 0.630. The average molecular weight is 689 g/mol. The van der Waals surface area contributed by atoms with Gasteiger partial charge in [-0.05, 0) is 87.6 Å². The standard InChI is InChI=1S/C49H28N4O/c1-3-12-29(13-4-1)47-50-48(52-49(51-47)31-23-25-42-39(27-31)34-16-7-9-20-41(34)53(42)32-14-5-2-6-15-32)30-22-24-33-35-18-11-19-37-45(35)40(38(33)26-30)28-44-46(37)36-17-8-10-21-43(36)54-44/h1-28H. The normalized spacial score (nSPS) is 12.1. The first kappa shape index (κ1) is 29.2. The highest BCUT2D eigenvalue weighted by Crippen LogP contribution is 2.51. The van der Waals surface area contributed by atoms with Crippen LogP contribution >= 0.6 is 0 Å². The lowest BCUT2D eigenvalue weighted by atomic mass is 9.98. The summed E-state index contributed by atoms with van der Waals surface area (Å²) in [6.45, 7) is 0. The first-order valence-corrected chi connectivity index (χ1v) is 18.2. The minimum Gasteiger partial charge on any atom is -0.456 e. The Morgan fingerprint density at radius 1 is 0.352 bits per heavy atom. The van der Waals surface area contributed by atoms with Crippen molar-refractivity contribution in [1.29, 1.82) is 0 Å². The fourth-order valence-corrected chi connectivity index (χ4v) is 8.59. The molecule has 0 fully saturated rings. The molecule has 5 nitrogen and oxygen atoms in total. The smallest absolute Gasteiger partial charge is 0.164 e. The lowest BCUT2D eigenvalue weighted by Gasteiger charge is -2.11. The second kappa shape index (κ2) is 11.1. The van der Waals surface area contributed by atoms with E-state index in [0.717, 1.165) is 66.3 Å². The third-order valence-electron chi connectivity index (χ3n) is 11.0. The Balaban J connectivity index is 1.05. The summed E-state index contributed by atoms with van der Waals surface area (Å²) < 4.78 is 8.76. The van der Waals surface area contributed by atoms with E-state index in [1.54, 1.807) is 0 Å². The van der Waals surface area contributed by atoms with Gasteiger partial charge in [0.1, 0.15) is 11.2 Å². The third kappa shape index (κ3) is 4.18. The lowest BCUT2D eigenvalue weighted by molar-refractivity contribution is 0.669. The molecule has 0 atom stereocenters. The monoisotopic (exact) mass is 688 g/mol. The molecule has 1 aliphatic rings. The van der Waals surface area contributed by atoms with E-state index < -0.39 is 0 Å². The Labute approximate surface area is 309 Å². The van der Waals surface area contributed by atoms with Crippen molar-refractivity contribution >= 4 is 54.5 Å². The number of fused-ring (bicyclic) bond motifs is 10. The zero-order valence-electron chi connectivity index (χ0n) is 28.9. The number of hydrogen-bond acceptors (Lipinski definition) is 4. The molecule has 12 rings (SSSR count). The maximum atomic E-state index is 6.43. The highest BCUT2D eigenvalue weighted by Gasteiger charge is 2.26. The van der Waals surface area contributed by atoms with Crippen LogP contribution in [0, 0.1) is 0 Å². The molecule has 0 bridgehead atoms. The Morgan fingerprint density at radius 3 is 1.83 bits per heavy atom. The molecule has 0 saturated heterocycles. The zero-order chi connectivity index (χ0) is 35.3. The van der Waals surface area contributed by atoms with Crippen molar-refractivity contribution in [3.05, 3.63) is 170 Å². The molecule has 0 radical (unpaired) electrons. The van der Waals surface area contributed by atoms with Gasteiger partial charge in [-0.15, -0.1) is 0 Å². The van der Waals surface area contributed by atoms with Gasteiger partial charge in [0.15, 0.2) is 17.5 Å². The van der Waals surface area contributed by atoms with E-state index in [9.17, 15) is 0 Å². The van der Waals surface area contributed by atoms with Crippen molar-refractivity contribution in [3.63, 3.8) is 0 Å². The molecule has 250 valence electrons. The van der Waals surface area contributed by atoms with Crippen molar-refractivity contribution < 1.29 is 4.42 Å². The highest BCUT2D eigenvalue weighted by molar-refractivity contribution is 6.28. The second-order valence-electron chi connectivity index (χ2n) is 14.0. The van der Waals surface area contributed by atoms with Crippen LogP contribution in [0.15, 0.2) is 174 Å². The van der Waals surface area contributed by atoms with E-state index in [-0.39, 0.29) is 0 Å². The quantitative estimate of drug-likeness (QED) is 0.185. The fraction of sp³-hybridized carbons (Fsp3) is 0. The summed E-state index contributed by atoms with van der Waals surface area (Å²) in [5.41, 5.74) is 12.8. The van der Waals surface area contributed by atoms with Crippen molar-refractivity contribution in [2.24, 2.45) is 0 Å². The van der Waals surface area contributed by atoms with Crippen molar-refractivity contribution in [1.82, 2.24) is 19.5 Å². The maximum Gasteiger partial charge on any atom is 0.164 e. The van der Waals surface area contributed by atoms with Crippen molar-refractivity contribution in [2.75, 3.05) is 0 Å². The Bertz CT molecular complexity index is 3320. The molecule has 0 N–H and O–H groups in total. The predicted molar refractivity (Wildman–Crippen MR) is 220 cm³/mol. The van der Waals surface area contributed by atoms with Crippen LogP contribution in [0.5, 0.6) is 0 Å². The Morgan fingerprint density at radius 2 is 1.00 bits per heavy atom. The number of aromatic nitrogens is 4. The Hall–Kier alpha value is -7.37. The van der Waals surface area contributed by atoms with E-state index in [1.807, 2.05) is 30.3 Å². The van der Waals surface area contributed by atoms with Gasteiger partial charge in [0.2, 0.25) is 0 Å². The van der Waals surface area contributed by atoms with Gasteiger partial charge < -0.3 is 8.98 Å². The maximum absolute atomic E-state index is 6.43. The molecular formula is C49H28N4O. The molecule has 54 heavy (non-hydrogen) atoms. The van der Waals surface area contributed by atoms with Gasteiger partial charge in [-0.1, -0.05) is 115 Å². The zero-order valence-corrected chi connectivity index (χ0v) is 28.9. The second-order valence-corrected chi connectivity index (χ2v) is 14.0. The molecule has 0 saturated carbocycles. The molecule has 0 unspecified atom stereocenters. The molecule has 8 aromatic carbocycles. The van der Waals surface area contributed by atoms with Crippen LogP contribution in [-0.4, -0.2) is 19.5 Å². The number of rotatable bonds is 4. The first-order chi connectivity index (χ1) is 26.8.